The van der Waals surface area contributed by atoms with Gasteiger partial charge in [-0.15, -0.1) is 0 Å². The Balaban J connectivity index is 2.24. The van der Waals surface area contributed by atoms with Gasteiger partial charge in [-0.05, 0) is 49.9 Å². The van der Waals surface area contributed by atoms with Crippen LogP contribution in [-0.2, 0) is 14.8 Å². The molecule has 0 unspecified atom stereocenters. The molecule has 0 saturated carbocycles. The van der Waals surface area contributed by atoms with Crippen LogP contribution in [0.15, 0.2) is 23.1 Å². The minimum atomic E-state index is -3.83. The summed E-state index contributed by atoms with van der Waals surface area (Å²) < 4.78 is 40.0. The zero-order chi connectivity index (χ0) is 14.8. The fraction of sp³-hybridized carbons (Fsp3) is 0.462. The Morgan fingerprint density at radius 1 is 1.35 bits per heavy atom. The van der Waals surface area contributed by atoms with Gasteiger partial charge in [0, 0.05) is 6.54 Å². The van der Waals surface area contributed by atoms with E-state index in [4.69, 9.17) is 0 Å². The van der Waals surface area contributed by atoms with Crippen LogP contribution in [0, 0.1) is 12.7 Å². The highest BCUT2D eigenvalue weighted by atomic mass is 32.2. The van der Waals surface area contributed by atoms with Crippen LogP contribution in [0.4, 0.5) is 4.39 Å². The standard InChI is InChI=1S/C13H17FN2O3S/c1-9-8-10(14)5-6-12(9)20(18,19)16-11-4-2-3-7-15-13(11)17/h5-6,8,11,16H,2-4,7H2,1H3,(H,15,17)/t11-/m1/s1. The van der Waals surface area contributed by atoms with Gasteiger partial charge in [0.15, 0.2) is 0 Å². The van der Waals surface area contributed by atoms with Crippen molar-refractivity contribution in [1.82, 2.24) is 10.0 Å². The Hall–Kier alpha value is -1.47. The molecular weight excluding hydrogens is 283 g/mol. The number of rotatable bonds is 3. The van der Waals surface area contributed by atoms with Crippen molar-refractivity contribution in [2.45, 2.75) is 37.1 Å². The van der Waals surface area contributed by atoms with Crippen LogP contribution in [0.3, 0.4) is 0 Å². The Kier molecular flexibility index (Phi) is 4.39. The second-order valence-corrected chi connectivity index (χ2v) is 6.55. The van der Waals surface area contributed by atoms with Crippen LogP contribution in [0.25, 0.3) is 0 Å². The van der Waals surface area contributed by atoms with Crippen LogP contribution in [0.1, 0.15) is 24.8 Å². The van der Waals surface area contributed by atoms with Crippen LogP contribution in [0.2, 0.25) is 0 Å². The summed E-state index contributed by atoms with van der Waals surface area (Å²) in [6.45, 7) is 2.08. The number of benzene rings is 1. The highest BCUT2D eigenvalue weighted by Crippen LogP contribution is 2.17. The fourth-order valence-electron chi connectivity index (χ4n) is 2.22. The molecule has 0 bridgehead atoms. The molecule has 0 aliphatic carbocycles. The predicted molar refractivity (Wildman–Crippen MR) is 72.1 cm³/mol. The summed E-state index contributed by atoms with van der Waals surface area (Å²) in [4.78, 5) is 11.8. The molecule has 0 spiro atoms. The zero-order valence-electron chi connectivity index (χ0n) is 11.1. The number of carbonyl (C=O) groups excluding carboxylic acids is 1. The number of amides is 1. The van der Waals surface area contributed by atoms with Gasteiger partial charge in [0.05, 0.1) is 4.90 Å². The summed E-state index contributed by atoms with van der Waals surface area (Å²) in [5.74, 6) is -0.806. The maximum absolute atomic E-state index is 13.0. The van der Waals surface area contributed by atoms with E-state index in [2.05, 4.69) is 10.0 Å². The van der Waals surface area contributed by atoms with Crippen molar-refractivity contribution in [1.29, 1.82) is 0 Å². The van der Waals surface area contributed by atoms with E-state index in [0.717, 1.165) is 25.0 Å². The monoisotopic (exact) mass is 300 g/mol. The van der Waals surface area contributed by atoms with Gasteiger partial charge < -0.3 is 5.32 Å². The molecule has 1 saturated heterocycles. The van der Waals surface area contributed by atoms with Gasteiger partial charge in [0.1, 0.15) is 11.9 Å². The van der Waals surface area contributed by atoms with Gasteiger partial charge in [-0.2, -0.15) is 4.72 Å². The Bertz CT molecular complexity index is 616. The first kappa shape index (κ1) is 14.9. The van der Waals surface area contributed by atoms with Gasteiger partial charge in [0.25, 0.3) is 0 Å². The second kappa shape index (κ2) is 5.88. The van der Waals surface area contributed by atoms with Crippen LogP contribution in [-0.4, -0.2) is 26.9 Å². The quantitative estimate of drug-likeness (QED) is 0.877. The average Bonchev–Trinajstić information content (AvgIpc) is 2.54. The minimum absolute atomic E-state index is 0.00375. The molecule has 1 aliphatic rings. The number of sulfonamides is 1. The molecule has 1 fully saturated rings. The van der Waals surface area contributed by atoms with E-state index in [1.807, 2.05) is 0 Å². The molecule has 1 amide bonds. The number of hydrogen-bond acceptors (Lipinski definition) is 3. The van der Waals surface area contributed by atoms with Crippen molar-refractivity contribution in [3.05, 3.63) is 29.6 Å². The summed E-state index contributed by atoms with van der Waals surface area (Å²) in [6.07, 6.45) is 2.07. The number of nitrogens with one attached hydrogen (secondary N) is 2. The molecular formula is C13H17FN2O3S. The van der Waals surface area contributed by atoms with Gasteiger partial charge in [-0.3, -0.25) is 4.79 Å². The van der Waals surface area contributed by atoms with Crippen LogP contribution < -0.4 is 10.0 Å². The molecule has 1 atom stereocenters. The number of aryl methyl sites for hydroxylation is 1. The molecule has 5 nitrogen and oxygen atoms in total. The maximum Gasteiger partial charge on any atom is 0.241 e. The van der Waals surface area contributed by atoms with Crippen LogP contribution in [0.5, 0.6) is 0 Å². The lowest BCUT2D eigenvalue weighted by molar-refractivity contribution is -0.122. The Morgan fingerprint density at radius 2 is 2.10 bits per heavy atom. The third-order valence-electron chi connectivity index (χ3n) is 3.26. The third-order valence-corrected chi connectivity index (χ3v) is 4.89. The minimum Gasteiger partial charge on any atom is -0.355 e. The normalized spacial score (nSPS) is 20.3. The first-order chi connectivity index (χ1) is 9.40. The number of hydrogen-bond donors (Lipinski definition) is 2. The molecule has 1 aromatic rings. The van der Waals surface area contributed by atoms with Gasteiger partial charge in [-0.25, -0.2) is 12.8 Å². The number of carbonyl (C=O) groups is 1. The lowest BCUT2D eigenvalue weighted by Crippen LogP contribution is -2.45. The first-order valence-electron chi connectivity index (χ1n) is 6.46. The first-order valence-corrected chi connectivity index (χ1v) is 7.95. The van der Waals surface area contributed by atoms with E-state index >= 15 is 0 Å². The Labute approximate surface area is 117 Å². The fourth-order valence-corrected chi connectivity index (χ4v) is 3.67. The van der Waals surface area contributed by atoms with Crippen molar-refractivity contribution in [3.63, 3.8) is 0 Å². The molecule has 1 heterocycles. The van der Waals surface area contributed by atoms with E-state index in [9.17, 15) is 17.6 Å². The second-order valence-electron chi connectivity index (χ2n) is 4.87. The maximum atomic E-state index is 13.0. The van der Waals surface area contributed by atoms with E-state index < -0.39 is 21.9 Å². The van der Waals surface area contributed by atoms with Gasteiger partial charge in [0.2, 0.25) is 15.9 Å². The summed E-state index contributed by atoms with van der Waals surface area (Å²) in [5, 5.41) is 2.67. The van der Waals surface area contributed by atoms with E-state index in [1.54, 1.807) is 0 Å². The zero-order valence-corrected chi connectivity index (χ0v) is 12.0. The molecule has 0 radical (unpaired) electrons. The third kappa shape index (κ3) is 3.34. The van der Waals surface area contributed by atoms with E-state index in [0.29, 0.717) is 18.5 Å². The highest BCUT2D eigenvalue weighted by Gasteiger charge is 2.27. The topological polar surface area (TPSA) is 75.3 Å². The molecule has 2 N–H and O–H groups in total. The number of halogens is 1. The Morgan fingerprint density at radius 3 is 2.80 bits per heavy atom. The van der Waals surface area contributed by atoms with Gasteiger partial charge in [-0.1, -0.05) is 0 Å². The largest absolute Gasteiger partial charge is 0.355 e. The van der Waals surface area contributed by atoms with Crippen molar-refractivity contribution < 1.29 is 17.6 Å². The van der Waals surface area contributed by atoms with Crippen molar-refractivity contribution >= 4 is 15.9 Å². The SMILES string of the molecule is Cc1cc(F)ccc1S(=O)(=O)N[C@@H]1CCCCNC1=O. The molecule has 1 aromatic carbocycles. The van der Waals surface area contributed by atoms with Gasteiger partial charge >= 0.3 is 0 Å². The summed E-state index contributed by atoms with van der Waals surface area (Å²) in [6, 6.07) is 2.69. The summed E-state index contributed by atoms with van der Waals surface area (Å²) in [5.41, 5.74) is 0.312. The molecule has 0 aromatic heterocycles. The molecule has 20 heavy (non-hydrogen) atoms. The van der Waals surface area contributed by atoms with Crippen molar-refractivity contribution in [2.24, 2.45) is 0 Å². The molecule has 7 heteroatoms. The van der Waals surface area contributed by atoms with Crippen molar-refractivity contribution in [2.75, 3.05) is 6.54 Å². The van der Waals surface area contributed by atoms with Crippen molar-refractivity contribution in [3.8, 4) is 0 Å². The lowest BCUT2D eigenvalue weighted by atomic mass is 10.1. The molecule has 110 valence electrons. The smallest absolute Gasteiger partial charge is 0.241 e. The lowest BCUT2D eigenvalue weighted by Gasteiger charge is -2.16. The predicted octanol–water partition coefficient (Wildman–Crippen LogP) is 1.08. The summed E-state index contributed by atoms with van der Waals surface area (Å²) >= 11 is 0. The average molecular weight is 300 g/mol. The van der Waals surface area contributed by atoms with E-state index in [1.165, 1.54) is 13.0 Å². The molecule has 1 aliphatic heterocycles. The van der Waals surface area contributed by atoms with Crippen LogP contribution >= 0.6 is 0 Å². The highest BCUT2D eigenvalue weighted by molar-refractivity contribution is 7.89. The summed E-state index contributed by atoms with van der Waals surface area (Å²) in [7, 11) is -3.83. The van der Waals surface area contributed by atoms with E-state index in [-0.39, 0.29) is 10.8 Å². The molecule has 2 rings (SSSR count).